The summed E-state index contributed by atoms with van der Waals surface area (Å²) in [6, 6.07) is 15.2. The van der Waals surface area contributed by atoms with Crippen molar-refractivity contribution in [3.63, 3.8) is 0 Å². The predicted molar refractivity (Wildman–Crippen MR) is 179 cm³/mol. The number of nitrogens with zero attached hydrogens (tertiary/aromatic N) is 3. The zero-order valence-electron chi connectivity index (χ0n) is 26.8. The summed E-state index contributed by atoms with van der Waals surface area (Å²) in [5, 5.41) is 5.97. The zero-order valence-corrected chi connectivity index (χ0v) is 27.6. The second-order valence-corrected chi connectivity index (χ2v) is 12.4. The van der Waals surface area contributed by atoms with Gasteiger partial charge >= 0.3 is 0 Å². The van der Waals surface area contributed by atoms with Crippen molar-refractivity contribution in [1.29, 1.82) is 0 Å². The number of likely N-dealkylation sites (tertiary alicyclic amines) is 1. The molecule has 12 heteroatoms. The lowest BCUT2D eigenvalue weighted by Gasteiger charge is -2.25. The molecule has 2 N–H and O–H groups in total. The van der Waals surface area contributed by atoms with Crippen molar-refractivity contribution in [2.45, 2.75) is 49.1 Å². The molecule has 4 bridgehead atoms. The maximum atomic E-state index is 13.9. The van der Waals surface area contributed by atoms with E-state index < -0.39 is 12.1 Å². The van der Waals surface area contributed by atoms with Gasteiger partial charge in [-0.05, 0) is 67.5 Å². The van der Waals surface area contributed by atoms with E-state index in [4.69, 9.17) is 9.47 Å². The van der Waals surface area contributed by atoms with Crippen molar-refractivity contribution in [1.82, 2.24) is 25.4 Å². The Hall–Kier alpha value is -4.58. The van der Waals surface area contributed by atoms with Crippen LogP contribution in [0.5, 0.6) is 11.5 Å². The highest BCUT2D eigenvalue weighted by Gasteiger charge is 2.41. The van der Waals surface area contributed by atoms with E-state index >= 15 is 0 Å². The lowest BCUT2D eigenvalue weighted by molar-refractivity contribution is -0.130. The van der Waals surface area contributed by atoms with Gasteiger partial charge in [0, 0.05) is 55.5 Å². The summed E-state index contributed by atoms with van der Waals surface area (Å²) >= 11 is 1.47. The van der Waals surface area contributed by atoms with E-state index in [0.29, 0.717) is 68.1 Å². The Kier molecular flexibility index (Phi) is 11.7. The summed E-state index contributed by atoms with van der Waals surface area (Å²) in [7, 11) is 1.52. The maximum Gasteiger partial charge on any atom is 0.255 e. The fourth-order valence-electron chi connectivity index (χ4n) is 5.90. The number of amides is 4. The fourth-order valence-corrected chi connectivity index (χ4v) is 6.49. The van der Waals surface area contributed by atoms with Crippen molar-refractivity contribution in [3.05, 3.63) is 83.7 Å². The van der Waals surface area contributed by atoms with Gasteiger partial charge in [-0.1, -0.05) is 18.2 Å². The largest absolute Gasteiger partial charge is 0.493 e. The van der Waals surface area contributed by atoms with Gasteiger partial charge in [0.05, 0.1) is 25.6 Å². The van der Waals surface area contributed by atoms with Crippen LogP contribution in [0.4, 0.5) is 0 Å². The Balaban J connectivity index is 1.38. The van der Waals surface area contributed by atoms with Gasteiger partial charge in [-0.3, -0.25) is 24.2 Å². The third-order valence-electron chi connectivity index (χ3n) is 8.36. The minimum absolute atomic E-state index is 0.0205. The number of aromatic nitrogens is 1. The molecule has 4 amide bonds. The number of nitrogens with one attached hydrogen (secondary N) is 2. The molecule has 248 valence electrons. The van der Waals surface area contributed by atoms with Crippen LogP contribution in [0.3, 0.4) is 0 Å². The minimum atomic E-state index is -0.750. The number of ether oxygens (including phenoxy) is 2. The second-order valence-electron chi connectivity index (χ2n) is 11.5. The number of carbonyl (C=O) groups excluding carboxylic acids is 4. The Morgan fingerprint density at radius 3 is 2.62 bits per heavy atom. The average Bonchev–Trinajstić information content (AvgIpc) is 3.52. The first-order valence-corrected chi connectivity index (χ1v) is 17.1. The molecule has 2 aliphatic rings. The monoisotopic (exact) mass is 659 g/mol. The molecule has 3 aromatic rings. The molecule has 1 saturated heterocycles. The van der Waals surface area contributed by atoms with Gasteiger partial charge in [-0.2, -0.15) is 0 Å². The predicted octanol–water partition coefficient (Wildman–Crippen LogP) is 3.58. The molecule has 3 heterocycles. The topological polar surface area (TPSA) is 130 Å². The molecule has 0 aliphatic carbocycles. The molecular formula is C35H41N5O6S. The fraction of sp³-hybridized carbons (Fsp3) is 0.400. The molecule has 2 aliphatic heterocycles. The summed E-state index contributed by atoms with van der Waals surface area (Å²) < 4.78 is 11.9. The van der Waals surface area contributed by atoms with Gasteiger partial charge in [0.2, 0.25) is 11.8 Å². The minimum Gasteiger partial charge on any atom is -0.493 e. The highest BCUT2D eigenvalue weighted by molar-refractivity contribution is 7.98. The SMILES string of the molecule is COc1ccc2cc1O[C@H]1C[C@@H](C(=O)NCCCCN(C(=O)Cc3cccnc3)CCCNC2=O)N(C(=O)c2ccccc2SC)C1. The van der Waals surface area contributed by atoms with Gasteiger partial charge in [0.1, 0.15) is 12.1 Å². The summed E-state index contributed by atoms with van der Waals surface area (Å²) in [6.45, 7) is 1.96. The third-order valence-corrected chi connectivity index (χ3v) is 9.15. The van der Waals surface area contributed by atoms with Crippen LogP contribution < -0.4 is 20.1 Å². The van der Waals surface area contributed by atoms with E-state index in [1.807, 2.05) is 30.5 Å². The average molecular weight is 660 g/mol. The van der Waals surface area contributed by atoms with Crippen LogP contribution in [0.1, 0.15) is 52.0 Å². The number of fused-ring (bicyclic) bond motifs is 4. The number of methoxy groups -OCH3 is 1. The first kappa shape index (κ1) is 33.8. The zero-order chi connectivity index (χ0) is 33.2. The Labute approximate surface area is 279 Å². The third kappa shape index (κ3) is 8.62. The number of benzene rings is 2. The summed E-state index contributed by atoms with van der Waals surface area (Å²) in [4.78, 5) is 62.2. The second kappa shape index (κ2) is 16.3. The first-order chi connectivity index (χ1) is 22.9. The van der Waals surface area contributed by atoms with E-state index in [0.717, 1.165) is 10.5 Å². The standard InChI is InChI=1S/C35H41N5O6S/c1-45-29-13-12-25-20-30(29)46-26-21-28(40(23-26)35(44)27-10-3-4-11-31(27)47-2)34(43)38-15-5-6-17-39(18-8-16-37-33(25)42)32(41)19-24-9-7-14-36-22-24/h3-4,7,9-14,20,22,26,28H,5-6,8,15-19,21,23H2,1-2H3,(H,37,42)(H,38,43)/t26-,28-/m0/s1. The van der Waals surface area contributed by atoms with Crippen LogP contribution in [-0.2, 0) is 16.0 Å². The van der Waals surface area contributed by atoms with Gasteiger partial charge in [-0.15, -0.1) is 11.8 Å². The van der Waals surface area contributed by atoms with Gasteiger partial charge in [0.15, 0.2) is 11.5 Å². The van der Waals surface area contributed by atoms with Crippen molar-refractivity contribution >= 4 is 35.4 Å². The molecule has 0 unspecified atom stereocenters. The van der Waals surface area contributed by atoms with E-state index in [2.05, 4.69) is 15.6 Å². The molecule has 2 atom stereocenters. The van der Waals surface area contributed by atoms with Crippen molar-refractivity contribution in [2.75, 3.05) is 46.1 Å². The molecule has 47 heavy (non-hydrogen) atoms. The summed E-state index contributed by atoms with van der Waals surface area (Å²) in [5.74, 6) is -0.00702. The van der Waals surface area contributed by atoms with Crippen LogP contribution in [0.2, 0.25) is 0 Å². The molecular weight excluding hydrogens is 618 g/mol. The number of rotatable bonds is 5. The van der Waals surface area contributed by atoms with Gasteiger partial charge < -0.3 is 29.9 Å². The lowest BCUT2D eigenvalue weighted by Crippen LogP contribution is -2.46. The van der Waals surface area contributed by atoms with Crippen LogP contribution in [0.25, 0.3) is 0 Å². The van der Waals surface area contributed by atoms with Crippen LogP contribution in [-0.4, -0.2) is 96.6 Å². The van der Waals surface area contributed by atoms with E-state index in [1.54, 1.807) is 52.5 Å². The highest BCUT2D eigenvalue weighted by atomic mass is 32.2. The Morgan fingerprint density at radius 2 is 1.83 bits per heavy atom. The van der Waals surface area contributed by atoms with E-state index in [9.17, 15) is 19.2 Å². The van der Waals surface area contributed by atoms with E-state index in [-0.39, 0.29) is 43.0 Å². The maximum absolute atomic E-state index is 13.9. The summed E-state index contributed by atoms with van der Waals surface area (Å²) in [5.41, 5.74) is 1.75. The molecule has 0 saturated carbocycles. The number of thioether (sulfide) groups is 1. The first-order valence-electron chi connectivity index (χ1n) is 15.9. The quantitative estimate of drug-likeness (QED) is 0.398. The lowest BCUT2D eigenvalue weighted by atomic mass is 10.1. The number of hydrogen-bond acceptors (Lipinski definition) is 8. The smallest absolute Gasteiger partial charge is 0.255 e. The summed E-state index contributed by atoms with van der Waals surface area (Å²) in [6.07, 6.45) is 7.17. The van der Waals surface area contributed by atoms with Gasteiger partial charge in [-0.25, -0.2) is 0 Å². The molecule has 11 nitrogen and oxygen atoms in total. The molecule has 1 fully saturated rings. The molecule has 0 spiro atoms. The molecule has 0 radical (unpaired) electrons. The Bertz CT molecular complexity index is 1570. The van der Waals surface area contributed by atoms with Crippen LogP contribution >= 0.6 is 11.8 Å². The molecule has 1 aromatic heterocycles. The van der Waals surface area contributed by atoms with Crippen molar-refractivity contribution in [3.8, 4) is 11.5 Å². The molecule has 2 aromatic carbocycles. The number of carbonyl (C=O) groups is 4. The van der Waals surface area contributed by atoms with Crippen LogP contribution in [0.15, 0.2) is 71.9 Å². The van der Waals surface area contributed by atoms with Crippen molar-refractivity contribution < 1.29 is 28.7 Å². The van der Waals surface area contributed by atoms with Crippen molar-refractivity contribution in [2.24, 2.45) is 0 Å². The highest BCUT2D eigenvalue weighted by Crippen LogP contribution is 2.33. The number of hydrogen-bond donors (Lipinski definition) is 2. The Morgan fingerprint density at radius 1 is 1.02 bits per heavy atom. The van der Waals surface area contributed by atoms with Gasteiger partial charge in [0.25, 0.3) is 11.8 Å². The normalized spacial score (nSPS) is 19.4. The van der Waals surface area contributed by atoms with E-state index in [1.165, 1.54) is 18.9 Å². The molecule has 5 rings (SSSR count). The van der Waals surface area contributed by atoms with Crippen LogP contribution in [0, 0.1) is 0 Å². The number of pyridine rings is 1.